The van der Waals surface area contributed by atoms with Crippen molar-refractivity contribution >= 4 is 17.3 Å². The van der Waals surface area contributed by atoms with Crippen LogP contribution in [0.15, 0.2) is 66.7 Å². The van der Waals surface area contributed by atoms with E-state index in [1.807, 2.05) is 31.2 Å². The molecular formula is C28H30N2O4. The van der Waals surface area contributed by atoms with Gasteiger partial charge in [-0.3, -0.25) is 4.79 Å². The standard InChI is InChI=1S/C28H30N2O4/c1-18-27(31)26(29-16-8-10-19-9-4-6-12-22(19)29)21-11-5-7-13-23(21)30(18)28(32)20-14-15-24(33-2)25(17-20)34-3/h4-7,9,11-15,17-18,26-27,31H,8,10,16H2,1-3H3. The zero-order chi connectivity index (χ0) is 23.8. The number of rotatable bonds is 4. The summed E-state index contributed by atoms with van der Waals surface area (Å²) in [5.74, 6) is 0.877. The highest BCUT2D eigenvalue weighted by atomic mass is 16.5. The number of aliphatic hydroxyl groups excluding tert-OH is 1. The van der Waals surface area contributed by atoms with Crippen molar-refractivity contribution in [1.29, 1.82) is 0 Å². The molecule has 3 aromatic rings. The van der Waals surface area contributed by atoms with Gasteiger partial charge in [-0.2, -0.15) is 0 Å². The summed E-state index contributed by atoms with van der Waals surface area (Å²) in [5.41, 5.74) is 4.73. The molecule has 0 bridgehead atoms. The number of ether oxygens (including phenoxy) is 2. The highest BCUT2D eigenvalue weighted by molar-refractivity contribution is 6.07. The molecule has 0 spiro atoms. The Labute approximate surface area is 200 Å². The topological polar surface area (TPSA) is 62.2 Å². The molecule has 6 heteroatoms. The number of benzene rings is 3. The fraction of sp³-hybridized carbons (Fsp3) is 0.321. The van der Waals surface area contributed by atoms with E-state index in [4.69, 9.17) is 9.47 Å². The highest BCUT2D eigenvalue weighted by Crippen LogP contribution is 2.45. The summed E-state index contributed by atoms with van der Waals surface area (Å²) in [6, 6.07) is 20.8. The Morgan fingerprint density at radius 3 is 2.41 bits per heavy atom. The maximum atomic E-state index is 13.8. The SMILES string of the molecule is COc1ccc(C(=O)N2c3ccccc3C(N3CCCc4ccccc43)C(O)C2C)cc1OC. The Hall–Kier alpha value is -3.51. The second kappa shape index (κ2) is 9.03. The minimum absolute atomic E-state index is 0.183. The number of para-hydroxylation sites is 2. The molecule has 0 aromatic heterocycles. The molecule has 0 saturated carbocycles. The monoisotopic (exact) mass is 458 g/mol. The number of anilines is 2. The van der Waals surface area contributed by atoms with Crippen LogP contribution in [0.25, 0.3) is 0 Å². The molecular weight excluding hydrogens is 428 g/mol. The Kier molecular flexibility index (Phi) is 5.92. The molecule has 3 unspecified atom stereocenters. The molecule has 0 saturated heterocycles. The first-order chi connectivity index (χ1) is 16.5. The summed E-state index contributed by atoms with van der Waals surface area (Å²) < 4.78 is 10.7. The Morgan fingerprint density at radius 1 is 0.941 bits per heavy atom. The zero-order valence-electron chi connectivity index (χ0n) is 19.8. The average molecular weight is 459 g/mol. The first-order valence-corrected chi connectivity index (χ1v) is 11.7. The van der Waals surface area contributed by atoms with Gasteiger partial charge in [-0.15, -0.1) is 0 Å². The quantitative estimate of drug-likeness (QED) is 0.619. The third-order valence-corrected chi connectivity index (χ3v) is 7.07. The summed E-state index contributed by atoms with van der Waals surface area (Å²) in [7, 11) is 3.12. The molecule has 0 aliphatic carbocycles. The van der Waals surface area contributed by atoms with E-state index in [-0.39, 0.29) is 11.9 Å². The average Bonchev–Trinajstić information content (AvgIpc) is 2.88. The van der Waals surface area contributed by atoms with E-state index in [2.05, 4.69) is 29.2 Å². The van der Waals surface area contributed by atoms with Crippen LogP contribution in [-0.2, 0) is 6.42 Å². The fourth-order valence-electron chi connectivity index (χ4n) is 5.38. The molecule has 0 radical (unpaired) electrons. The van der Waals surface area contributed by atoms with Crippen LogP contribution >= 0.6 is 0 Å². The van der Waals surface area contributed by atoms with Crippen molar-refractivity contribution in [3.05, 3.63) is 83.4 Å². The molecule has 6 nitrogen and oxygen atoms in total. The van der Waals surface area contributed by atoms with Crippen LogP contribution in [0.1, 0.15) is 40.9 Å². The van der Waals surface area contributed by atoms with Gasteiger partial charge < -0.3 is 24.4 Å². The number of carbonyl (C=O) groups is 1. The van der Waals surface area contributed by atoms with Crippen LogP contribution < -0.4 is 19.3 Å². The normalized spacial score (nSPS) is 21.5. The molecule has 3 aromatic carbocycles. The third-order valence-electron chi connectivity index (χ3n) is 7.07. The molecule has 5 rings (SSSR count). The van der Waals surface area contributed by atoms with Crippen molar-refractivity contribution in [1.82, 2.24) is 0 Å². The van der Waals surface area contributed by atoms with Crippen LogP contribution in [0.5, 0.6) is 11.5 Å². The predicted octanol–water partition coefficient (Wildman–Crippen LogP) is 4.61. The van der Waals surface area contributed by atoms with E-state index in [0.717, 1.165) is 30.6 Å². The van der Waals surface area contributed by atoms with Gasteiger partial charge in [0.25, 0.3) is 5.91 Å². The zero-order valence-corrected chi connectivity index (χ0v) is 19.8. The molecule has 2 heterocycles. The molecule has 1 N–H and O–H groups in total. The molecule has 3 atom stereocenters. The van der Waals surface area contributed by atoms with E-state index >= 15 is 0 Å². The van der Waals surface area contributed by atoms with Crippen LogP contribution in [0, 0.1) is 0 Å². The lowest BCUT2D eigenvalue weighted by atomic mass is 9.85. The summed E-state index contributed by atoms with van der Waals surface area (Å²) in [6.07, 6.45) is 1.31. The van der Waals surface area contributed by atoms with Gasteiger partial charge in [0.2, 0.25) is 0 Å². The molecule has 0 fully saturated rings. The van der Waals surface area contributed by atoms with Crippen LogP contribution in [0.4, 0.5) is 11.4 Å². The number of nitrogens with zero attached hydrogens (tertiary/aromatic N) is 2. The summed E-state index contributed by atoms with van der Waals surface area (Å²) >= 11 is 0. The van der Waals surface area contributed by atoms with E-state index < -0.39 is 12.1 Å². The molecule has 176 valence electrons. The van der Waals surface area contributed by atoms with Crippen molar-refractivity contribution in [3.8, 4) is 11.5 Å². The van der Waals surface area contributed by atoms with Gasteiger partial charge in [0.1, 0.15) is 0 Å². The number of aryl methyl sites for hydroxylation is 1. The Balaban J connectivity index is 1.57. The summed E-state index contributed by atoms with van der Waals surface area (Å²) in [4.78, 5) is 17.8. The summed E-state index contributed by atoms with van der Waals surface area (Å²) in [6.45, 7) is 2.78. The van der Waals surface area contributed by atoms with Gasteiger partial charge in [0.15, 0.2) is 11.5 Å². The maximum absolute atomic E-state index is 13.8. The van der Waals surface area contributed by atoms with Crippen LogP contribution in [0.2, 0.25) is 0 Å². The smallest absolute Gasteiger partial charge is 0.258 e. The highest BCUT2D eigenvalue weighted by Gasteiger charge is 2.44. The molecule has 34 heavy (non-hydrogen) atoms. The Morgan fingerprint density at radius 2 is 1.65 bits per heavy atom. The van der Waals surface area contributed by atoms with Gasteiger partial charge in [-0.05, 0) is 55.7 Å². The lowest BCUT2D eigenvalue weighted by Gasteiger charge is -2.48. The minimum atomic E-state index is -0.759. The number of carbonyl (C=O) groups excluding carboxylic acids is 1. The Bertz CT molecular complexity index is 1210. The maximum Gasteiger partial charge on any atom is 0.258 e. The number of aliphatic hydroxyl groups is 1. The summed E-state index contributed by atoms with van der Waals surface area (Å²) in [5, 5.41) is 11.6. The van der Waals surface area contributed by atoms with Gasteiger partial charge in [-0.1, -0.05) is 36.4 Å². The first-order valence-electron chi connectivity index (χ1n) is 11.7. The third kappa shape index (κ3) is 3.59. The fourth-order valence-corrected chi connectivity index (χ4v) is 5.38. The van der Waals surface area contributed by atoms with Gasteiger partial charge in [-0.25, -0.2) is 0 Å². The van der Waals surface area contributed by atoms with E-state index in [9.17, 15) is 9.90 Å². The lowest BCUT2D eigenvalue weighted by molar-refractivity contribution is 0.0835. The van der Waals surface area contributed by atoms with Crippen molar-refractivity contribution in [3.63, 3.8) is 0 Å². The van der Waals surface area contributed by atoms with Crippen molar-refractivity contribution in [2.45, 2.75) is 38.0 Å². The number of fused-ring (bicyclic) bond motifs is 2. The predicted molar refractivity (Wildman–Crippen MR) is 133 cm³/mol. The molecule has 1 amide bonds. The number of hydrogen-bond donors (Lipinski definition) is 1. The molecule has 2 aliphatic rings. The largest absolute Gasteiger partial charge is 0.493 e. The second-order valence-electron chi connectivity index (χ2n) is 8.91. The van der Waals surface area contributed by atoms with Crippen LogP contribution in [0.3, 0.4) is 0 Å². The second-order valence-corrected chi connectivity index (χ2v) is 8.91. The van der Waals surface area contributed by atoms with Gasteiger partial charge in [0, 0.05) is 29.0 Å². The lowest BCUT2D eigenvalue weighted by Crippen LogP contribution is -2.55. The minimum Gasteiger partial charge on any atom is -0.493 e. The number of methoxy groups -OCH3 is 2. The van der Waals surface area contributed by atoms with Crippen molar-refractivity contribution < 1.29 is 19.4 Å². The van der Waals surface area contributed by atoms with E-state index in [1.54, 1.807) is 37.3 Å². The van der Waals surface area contributed by atoms with Gasteiger partial charge in [0.05, 0.1) is 32.4 Å². The van der Waals surface area contributed by atoms with Crippen LogP contribution in [-0.4, -0.2) is 43.9 Å². The van der Waals surface area contributed by atoms with E-state index in [0.29, 0.717) is 17.1 Å². The number of hydrogen-bond acceptors (Lipinski definition) is 5. The van der Waals surface area contributed by atoms with Crippen molar-refractivity contribution in [2.75, 3.05) is 30.6 Å². The number of amides is 1. The van der Waals surface area contributed by atoms with Crippen molar-refractivity contribution in [2.24, 2.45) is 0 Å². The molecule has 2 aliphatic heterocycles. The first kappa shape index (κ1) is 22.3. The van der Waals surface area contributed by atoms with Gasteiger partial charge >= 0.3 is 0 Å². The van der Waals surface area contributed by atoms with E-state index in [1.165, 1.54) is 11.3 Å².